The van der Waals surface area contributed by atoms with Gasteiger partial charge < -0.3 is 4.55 Å². The van der Waals surface area contributed by atoms with E-state index in [1.807, 2.05) is 24.3 Å². The minimum Gasteiger partial charge on any atom is -0.744 e. The molecule has 0 saturated heterocycles. The summed E-state index contributed by atoms with van der Waals surface area (Å²) in [7, 11) is -4.44. The minimum atomic E-state index is -4.44. The van der Waals surface area contributed by atoms with Gasteiger partial charge in [-0.3, -0.25) is 5.43 Å². The molecule has 0 aliphatic carbocycles. The van der Waals surface area contributed by atoms with E-state index in [2.05, 4.69) is 20.7 Å². The van der Waals surface area contributed by atoms with Gasteiger partial charge in [0.2, 0.25) is 5.13 Å². The van der Waals surface area contributed by atoms with Gasteiger partial charge in [0.1, 0.15) is 10.1 Å². The monoisotopic (exact) mass is 333 g/mol. The fourth-order valence-corrected chi connectivity index (χ4v) is 2.98. The quantitative estimate of drug-likeness (QED) is 0.448. The van der Waals surface area contributed by atoms with Crippen LogP contribution >= 0.6 is 11.3 Å². The molecule has 2 aromatic carbocycles. The van der Waals surface area contributed by atoms with Crippen molar-refractivity contribution in [1.82, 2.24) is 4.98 Å². The largest absolute Gasteiger partial charge is 0.744 e. The second kappa shape index (κ2) is 5.79. The van der Waals surface area contributed by atoms with E-state index in [-0.39, 0.29) is 4.90 Å². The second-order valence-corrected chi connectivity index (χ2v) is 6.64. The van der Waals surface area contributed by atoms with E-state index in [1.165, 1.54) is 35.6 Å². The third-order valence-electron chi connectivity index (χ3n) is 2.74. The highest BCUT2D eigenvalue weighted by atomic mass is 32.2. The van der Waals surface area contributed by atoms with E-state index >= 15 is 0 Å². The topological polar surface area (TPSA) is 107 Å². The van der Waals surface area contributed by atoms with E-state index in [0.717, 1.165) is 10.2 Å². The number of hydrogen-bond donors (Lipinski definition) is 1. The van der Waals surface area contributed by atoms with Gasteiger partial charge in [-0.25, -0.2) is 13.4 Å². The molecule has 1 N–H and O–H groups in total. The van der Waals surface area contributed by atoms with Crippen LogP contribution in [-0.2, 0) is 10.1 Å². The van der Waals surface area contributed by atoms with E-state index in [9.17, 15) is 13.0 Å². The fourth-order valence-electron chi connectivity index (χ4n) is 1.72. The molecule has 22 heavy (non-hydrogen) atoms. The predicted octanol–water partition coefficient (Wildman–Crippen LogP) is 3.31. The summed E-state index contributed by atoms with van der Waals surface area (Å²) in [5.41, 5.74) is 4.01. The van der Waals surface area contributed by atoms with Crippen LogP contribution in [0, 0.1) is 0 Å². The minimum absolute atomic E-state index is 0.291. The van der Waals surface area contributed by atoms with E-state index in [1.54, 1.807) is 0 Å². The smallest absolute Gasteiger partial charge is 0.232 e. The first-order chi connectivity index (χ1) is 10.5. The first-order valence-corrected chi connectivity index (χ1v) is 8.33. The summed E-state index contributed by atoms with van der Waals surface area (Å²) < 4.78 is 33.4. The van der Waals surface area contributed by atoms with Crippen LogP contribution in [0.25, 0.3) is 10.2 Å². The normalized spacial score (nSPS) is 12.0. The van der Waals surface area contributed by atoms with E-state index in [0.29, 0.717) is 10.8 Å². The van der Waals surface area contributed by atoms with Crippen molar-refractivity contribution in [2.45, 2.75) is 4.90 Å². The molecule has 0 unspecified atom stereocenters. The molecule has 0 aliphatic rings. The van der Waals surface area contributed by atoms with Gasteiger partial charge in [-0.1, -0.05) is 28.7 Å². The molecule has 0 radical (unpaired) electrons. The number of benzene rings is 2. The Bertz CT molecular complexity index is 900. The average Bonchev–Trinajstić information content (AvgIpc) is 2.89. The van der Waals surface area contributed by atoms with Crippen LogP contribution in [-0.4, -0.2) is 18.0 Å². The first kappa shape index (κ1) is 14.6. The molecule has 112 valence electrons. The molecule has 1 aromatic heterocycles. The van der Waals surface area contributed by atoms with Gasteiger partial charge in [0.15, 0.2) is 0 Å². The highest BCUT2D eigenvalue weighted by Gasteiger charge is 2.02. The Morgan fingerprint density at radius 2 is 1.82 bits per heavy atom. The lowest BCUT2D eigenvalue weighted by Crippen LogP contribution is -1.98. The Balaban J connectivity index is 1.71. The lowest BCUT2D eigenvalue weighted by atomic mass is 10.3. The zero-order valence-corrected chi connectivity index (χ0v) is 12.6. The number of nitrogens with zero attached hydrogens (tertiary/aromatic N) is 3. The van der Waals surface area contributed by atoms with Gasteiger partial charge in [-0.15, -0.1) is 5.11 Å². The predicted molar refractivity (Wildman–Crippen MR) is 82.2 cm³/mol. The van der Waals surface area contributed by atoms with Gasteiger partial charge in [0, 0.05) is 0 Å². The molecular weight excluding hydrogens is 324 g/mol. The highest BCUT2D eigenvalue weighted by Crippen LogP contribution is 2.27. The van der Waals surface area contributed by atoms with Crippen molar-refractivity contribution in [2.75, 3.05) is 5.43 Å². The molecule has 7 nitrogen and oxygen atoms in total. The van der Waals surface area contributed by atoms with Crippen molar-refractivity contribution in [2.24, 2.45) is 10.3 Å². The van der Waals surface area contributed by atoms with Gasteiger partial charge in [0.05, 0.1) is 20.8 Å². The maximum atomic E-state index is 10.8. The van der Waals surface area contributed by atoms with Crippen molar-refractivity contribution >= 4 is 42.5 Å². The Morgan fingerprint density at radius 3 is 2.50 bits per heavy atom. The van der Waals surface area contributed by atoms with Crippen LogP contribution in [0.5, 0.6) is 0 Å². The first-order valence-electron chi connectivity index (χ1n) is 6.11. The Labute approximate surface area is 130 Å². The van der Waals surface area contributed by atoms with Crippen molar-refractivity contribution in [3.63, 3.8) is 0 Å². The summed E-state index contributed by atoms with van der Waals surface area (Å²) in [5.74, 6) is 0. The van der Waals surface area contributed by atoms with Crippen molar-refractivity contribution < 1.29 is 13.0 Å². The number of fused-ring (bicyclic) bond motifs is 1. The molecule has 0 saturated carbocycles. The van der Waals surface area contributed by atoms with Gasteiger partial charge >= 0.3 is 0 Å². The standard InChI is InChI=1S/C13H10N4O3S2/c18-22(19,20)10-7-5-9(6-8-10)15-17-16-13-14-11-3-1-2-4-12(11)21-13/h1-8H,(H,14,15,16)(H,18,19,20)/p-1. The maximum absolute atomic E-state index is 10.8. The zero-order valence-electron chi connectivity index (χ0n) is 11.0. The summed E-state index contributed by atoms with van der Waals surface area (Å²) in [6.07, 6.45) is 0. The Kier molecular flexibility index (Phi) is 3.84. The van der Waals surface area contributed by atoms with Crippen LogP contribution in [0.2, 0.25) is 0 Å². The lowest BCUT2D eigenvalue weighted by molar-refractivity contribution is 0.463. The number of hydrogen-bond acceptors (Lipinski definition) is 7. The number of anilines is 1. The van der Waals surface area contributed by atoms with Crippen LogP contribution in [0.15, 0.2) is 63.8 Å². The number of nitrogens with one attached hydrogen (secondary N) is 1. The van der Waals surface area contributed by atoms with E-state index < -0.39 is 10.1 Å². The third-order valence-corrected chi connectivity index (χ3v) is 4.51. The molecule has 0 amide bonds. The average molecular weight is 333 g/mol. The Hall–Kier alpha value is -2.36. The molecule has 9 heteroatoms. The maximum Gasteiger partial charge on any atom is 0.232 e. The molecule has 0 aliphatic heterocycles. The second-order valence-electron chi connectivity index (χ2n) is 4.25. The van der Waals surface area contributed by atoms with Gasteiger partial charge in [0.25, 0.3) is 0 Å². The lowest BCUT2D eigenvalue weighted by Gasteiger charge is -2.06. The number of rotatable bonds is 4. The molecule has 3 aromatic rings. The molecule has 0 bridgehead atoms. The molecule has 3 rings (SSSR count). The zero-order chi connectivity index (χ0) is 15.6. The SMILES string of the molecule is O=S(=O)([O-])c1ccc(NN=Nc2nc3ccccc3s2)cc1. The number of aromatic nitrogens is 1. The molecule has 0 atom stereocenters. The van der Waals surface area contributed by atoms with Crippen LogP contribution in [0.4, 0.5) is 10.8 Å². The van der Waals surface area contributed by atoms with Crippen LogP contribution in [0.3, 0.4) is 0 Å². The fraction of sp³-hybridized carbons (Fsp3) is 0. The van der Waals surface area contributed by atoms with E-state index in [4.69, 9.17) is 0 Å². The highest BCUT2D eigenvalue weighted by molar-refractivity contribution is 7.85. The van der Waals surface area contributed by atoms with Crippen molar-refractivity contribution in [1.29, 1.82) is 0 Å². The summed E-state index contributed by atoms with van der Waals surface area (Å²) in [6, 6.07) is 12.9. The van der Waals surface area contributed by atoms with Gasteiger partial charge in [-0.2, -0.15) is 0 Å². The summed E-state index contributed by atoms with van der Waals surface area (Å²) in [4.78, 5) is 4.00. The third kappa shape index (κ3) is 3.27. The van der Waals surface area contributed by atoms with Crippen LogP contribution < -0.4 is 5.43 Å². The molecule has 0 fully saturated rings. The van der Waals surface area contributed by atoms with Gasteiger partial charge in [-0.05, 0) is 36.4 Å². The number of thiazole rings is 1. The summed E-state index contributed by atoms with van der Waals surface area (Å²) in [6.45, 7) is 0. The number of para-hydroxylation sites is 1. The summed E-state index contributed by atoms with van der Waals surface area (Å²) in [5, 5.41) is 8.25. The molecule has 0 spiro atoms. The molecule has 1 heterocycles. The Morgan fingerprint density at radius 1 is 1.09 bits per heavy atom. The summed E-state index contributed by atoms with van der Waals surface area (Å²) >= 11 is 1.41. The van der Waals surface area contributed by atoms with Crippen molar-refractivity contribution in [3.8, 4) is 0 Å². The van der Waals surface area contributed by atoms with Crippen LogP contribution in [0.1, 0.15) is 0 Å². The van der Waals surface area contributed by atoms with Crippen molar-refractivity contribution in [3.05, 3.63) is 48.5 Å². The molecular formula is C13H9N4O3S2-.